The zero-order chi connectivity index (χ0) is 12.7. The van der Waals surface area contributed by atoms with Gasteiger partial charge < -0.3 is 0 Å². The van der Waals surface area contributed by atoms with Crippen molar-refractivity contribution in [3.63, 3.8) is 0 Å². The molecule has 0 aliphatic heterocycles. The molecule has 96 valence electrons. The largest absolute Gasteiger partial charge is 0.274 e. The van der Waals surface area contributed by atoms with Crippen molar-refractivity contribution in [2.75, 3.05) is 5.75 Å². The molecule has 4 nitrogen and oxygen atoms in total. The maximum Gasteiger partial charge on any atom is 0.234 e. The average molecular weight is 275 g/mol. The summed E-state index contributed by atoms with van der Waals surface area (Å²) >= 11 is 1.65. The van der Waals surface area contributed by atoms with Gasteiger partial charge in [0.15, 0.2) is 0 Å². The first kappa shape index (κ1) is 14.2. The third kappa shape index (κ3) is 5.83. The van der Waals surface area contributed by atoms with Crippen LogP contribution in [-0.4, -0.2) is 20.1 Å². The summed E-state index contributed by atoms with van der Waals surface area (Å²) in [5.74, 6) is -0.404. The summed E-state index contributed by atoms with van der Waals surface area (Å²) < 4.78 is 24.7. The Morgan fingerprint density at radius 2 is 2.24 bits per heavy atom. The summed E-state index contributed by atoms with van der Waals surface area (Å²) in [6, 6.07) is 3.97. The van der Waals surface area contributed by atoms with Crippen LogP contribution >= 0.6 is 11.3 Å². The van der Waals surface area contributed by atoms with Crippen LogP contribution in [0.4, 0.5) is 0 Å². The van der Waals surface area contributed by atoms with Crippen LogP contribution in [0.3, 0.4) is 0 Å². The number of aryl methyl sites for hydroxylation is 1. The molecule has 0 aromatic carbocycles. The molecule has 17 heavy (non-hydrogen) atoms. The van der Waals surface area contributed by atoms with Crippen molar-refractivity contribution in [3.8, 4) is 0 Å². The third-order valence-electron chi connectivity index (χ3n) is 2.15. The molecule has 1 aromatic rings. The second kappa shape index (κ2) is 6.76. The lowest BCUT2D eigenvalue weighted by Gasteiger charge is -2.05. The highest BCUT2D eigenvalue weighted by Gasteiger charge is 2.12. The first-order valence-corrected chi connectivity index (χ1v) is 8.12. The quantitative estimate of drug-likeness (QED) is 0.827. The number of sulfonamides is 1. The van der Waals surface area contributed by atoms with Gasteiger partial charge in [-0.05, 0) is 30.7 Å². The fourth-order valence-electron chi connectivity index (χ4n) is 1.42. The summed E-state index contributed by atoms with van der Waals surface area (Å²) in [5, 5.41) is 1.99. The smallest absolute Gasteiger partial charge is 0.234 e. The van der Waals surface area contributed by atoms with Crippen LogP contribution in [0.2, 0.25) is 0 Å². The molecule has 0 unspecified atom stereocenters. The van der Waals surface area contributed by atoms with Gasteiger partial charge in [0.2, 0.25) is 15.9 Å². The highest BCUT2D eigenvalue weighted by Crippen LogP contribution is 2.11. The van der Waals surface area contributed by atoms with E-state index in [-0.39, 0.29) is 12.2 Å². The summed E-state index contributed by atoms with van der Waals surface area (Å²) in [4.78, 5) is 12.6. The first-order valence-electron chi connectivity index (χ1n) is 5.59. The zero-order valence-corrected chi connectivity index (χ0v) is 11.4. The van der Waals surface area contributed by atoms with E-state index in [9.17, 15) is 13.2 Å². The van der Waals surface area contributed by atoms with Crippen LogP contribution in [-0.2, 0) is 21.2 Å². The third-order valence-corrected chi connectivity index (χ3v) is 4.57. The second-order valence-electron chi connectivity index (χ2n) is 3.78. The maximum atomic E-state index is 11.4. The Kier molecular flexibility index (Phi) is 5.64. The van der Waals surface area contributed by atoms with Gasteiger partial charge in [-0.1, -0.05) is 13.0 Å². The lowest BCUT2D eigenvalue weighted by molar-refractivity contribution is -0.119. The van der Waals surface area contributed by atoms with E-state index in [0.717, 1.165) is 6.42 Å². The van der Waals surface area contributed by atoms with E-state index < -0.39 is 15.9 Å². The van der Waals surface area contributed by atoms with E-state index in [1.165, 1.54) is 4.88 Å². The molecule has 0 aliphatic carbocycles. The van der Waals surface area contributed by atoms with Crippen molar-refractivity contribution < 1.29 is 13.2 Å². The highest BCUT2D eigenvalue weighted by molar-refractivity contribution is 7.90. The van der Waals surface area contributed by atoms with Crippen molar-refractivity contribution in [1.82, 2.24) is 4.72 Å². The van der Waals surface area contributed by atoms with Gasteiger partial charge in [-0.2, -0.15) is 0 Å². The van der Waals surface area contributed by atoms with Crippen molar-refractivity contribution in [2.45, 2.75) is 32.6 Å². The monoisotopic (exact) mass is 275 g/mol. The molecule has 0 fully saturated rings. The van der Waals surface area contributed by atoms with Crippen molar-refractivity contribution in [1.29, 1.82) is 0 Å². The van der Waals surface area contributed by atoms with E-state index in [1.54, 1.807) is 18.3 Å². The van der Waals surface area contributed by atoms with Gasteiger partial charge in [0, 0.05) is 11.3 Å². The van der Waals surface area contributed by atoms with E-state index in [1.807, 2.05) is 17.5 Å². The fourth-order valence-corrected chi connectivity index (χ4v) is 3.26. The van der Waals surface area contributed by atoms with Crippen LogP contribution in [0.5, 0.6) is 0 Å². The van der Waals surface area contributed by atoms with Crippen LogP contribution in [0, 0.1) is 0 Å². The van der Waals surface area contributed by atoms with Gasteiger partial charge in [-0.15, -0.1) is 11.3 Å². The Morgan fingerprint density at radius 1 is 1.47 bits per heavy atom. The number of thiophene rings is 1. The van der Waals surface area contributed by atoms with Gasteiger partial charge in [-0.3, -0.25) is 9.52 Å². The topological polar surface area (TPSA) is 63.2 Å². The molecular weight excluding hydrogens is 258 g/mol. The van der Waals surface area contributed by atoms with E-state index >= 15 is 0 Å². The predicted molar refractivity (Wildman–Crippen MR) is 69.5 cm³/mol. The molecule has 0 bridgehead atoms. The summed E-state index contributed by atoms with van der Waals surface area (Å²) in [6.45, 7) is 1.76. The number of hydrogen-bond donors (Lipinski definition) is 1. The van der Waals surface area contributed by atoms with Crippen LogP contribution in [0.15, 0.2) is 17.5 Å². The second-order valence-corrected chi connectivity index (χ2v) is 6.65. The average Bonchev–Trinajstić information content (AvgIpc) is 2.69. The molecule has 1 amide bonds. The van der Waals surface area contributed by atoms with Crippen molar-refractivity contribution in [2.24, 2.45) is 0 Å². The maximum absolute atomic E-state index is 11.4. The summed E-state index contributed by atoms with van der Waals surface area (Å²) in [5.41, 5.74) is 0. The summed E-state index contributed by atoms with van der Waals surface area (Å²) in [7, 11) is -3.41. The minimum absolute atomic E-state index is 0.00364. The van der Waals surface area contributed by atoms with E-state index in [4.69, 9.17) is 0 Å². The molecule has 1 heterocycles. The van der Waals surface area contributed by atoms with Crippen molar-refractivity contribution in [3.05, 3.63) is 22.4 Å². The zero-order valence-electron chi connectivity index (χ0n) is 9.81. The SMILES string of the molecule is CCCS(=O)(=O)NC(=O)CCCc1cccs1. The van der Waals surface area contributed by atoms with E-state index in [0.29, 0.717) is 12.8 Å². The minimum atomic E-state index is -3.41. The standard InChI is InChI=1S/C11H17NO3S2/c1-2-9-17(14,15)12-11(13)7-3-5-10-6-4-8-16-10/h4,6,8H,2-3,5,7,9H2,1H3,(H,12,13). The van der Waals surface area contributed by atoms with Gasteiger partial charge in [0.05, 0.1) is 5.75 Å². The normalized spacial score (nSPS) is 11.4. The molecule has 0 saturated carbocycles. The molecule has 6 heteroatoms. The molecule has 0 spiro atoms. The summed E-state index contributed by atoms with van der Waals surface area (Å²) in [6.07, 6.45) is 2.26. The number of carbonyl (C=O) groups excluding carboxylic acids is 1. The lowest BCUT2D eigenvalue weighted by Crippen LogP contribution is -2.32. The van der Waals surface area contributed by atoms with Crippen molar-refractivity contribution >= 4 is 27.3 Å². The predicted octanol–water partition coefficient (Wildman–Crippen LogP) is 1.93. The molecule has 1 aromatic heterocycles. The minimum Gasteiger partial charge on any atom is -0.274 e. The number of rotatable bonds is 7. The Hall–Kier alpha value is -0.880. The van der Waals surface area contributed by atoms with Crippen LogP contribution in [0.25, 0.3) is 0 Å². The Balaban J connectivity index is 2.26. The molecule has 1 N–H and O–H groups in total. The van der Waals surface area contributed by atoms with Gasteiger partial charge in [0.25, 0.3) is 0 Å². The fraction of sp³-hybridized carbons (Fsp3) is 0.545. The van der Waals surface area contributed by atoms with Gasteiger partial charge in [0.1, 0.15) is 0 Å². The number of amides is 1. The molecule has 0 aliphatic rings. The van der Waals surface area contributed by atoms with Crippen LogP contribution in [0.1, 0.15) is 31.1 Å². The molecule has 0 atom stereocenters. The number of nitrogens with one attached hydrogen (secondary N) is 1. The lowest BCUT2D eigenvalue weighted by atomic mass is 10.2. The number of carbonyl (C=O) groups is 1. The van der Waals surface area contributed by atoms with Crippen LogP contribution < -0.4 is 4.72 Å². The Bertz CT molecular complexity index is 437. The van der Waals surface area contributed by atoms with E-state index in [2.05, 4.69) is 4.72 Å². The Morgan fingerprint density at radius 3 is 2.82 bits per heavy atom. The first-order chi connectivity index (χ1) is 8.03. The van der Waals surface area contributed by atoms with Gasteiger partial charge >= 0.3 is 0 Å². The molecule has 0 radical (unpaired) electrons. The molecule has 0 saturated heterocycles. The molecular formula is C11H17NO3S2. The Labute approximate surface area is 106 Å². The molecule has 1 rings (SSSR count). The number of hydrogen-bond acceptors (Lipinski definition) is 4. The van der Waals surface area contributed by atoms with Gasteiger partial charge in [-0.25, -0.2) is 8.42 Å². The highest BCUT2D eigenvalue weighted by atomic mass is 32.2.